The van der Waals surface area contributed by atoms with E-state index in [9.17, 15) is 14.4 Å². The van der Waals surface area contributed by atoms with E-state index < -0.39 is 5.97 Å². The molecule has 1 aromatic heterocycles. The summed E-state index contributed by atoms with van der Waals surface area (Å²) in [7, 11) is 0. The molecule has 1 aliphatic rings. The molecule has 1 aliphatic heterocycles. The molecule has 2 amide bonds. The van der Waals surface area contributed by atoms with Crippen molar-refractivity contribution in [1.29, 1.82) is 0 Å². The van der Waals surface area contributed by atoms with Gasteiger partial charge in [-0.3, -0.25) is 9.59 Å². The van der Waals surface area contributed by atoms with Crippen LogP contribution in [0.2, 0.25) is 0 Å². The van der Waals surface area contributed by atoms with Gasteiger partial charge in [-0.15, -0.1) is 11.8 Å². The second-order valence-electron chi connectivity index (χ2n) is 8.74. The number of aromatic nitrogens is 1. The molecule has 0 unspecified atom stereocenters. The van der Waals surface area contributed by atoms with Crippen molar-refractivity contribution in [2.24, 2.45) is 5.92 Å². The fourth-order valence-corrected chi connectivity index (χ4v) is 4.56. The van der Waals surface area contributed by atoms with Gasteiger partial charge in [0, 0.05) is 30.2 Å². The number of esters is 1. The molecule has 2 heterocycles. The Hall–Kier alpha value is -2.74. The molecule has 8 heteroatoms. The summed E-state index contributed by atoms with van der Waals surface area (Å²) < 4.78 is 5.32. The highest BCUT2D eigenvalue weighted by molar-refractivity contribution is 7.98. The van der Waals surface area contributed by atoms with Gasteiger partial charge in [-0.2, -0.15) is 0 Å². The lowest BCUT2D eigenvalue weighted by Crippen LogP contribution is -2.45. The molecule has 1 fully saturated rings. The summed E-state index contributed by atoms with van der Waals surface area (Å²) in [6.45, 7) is 8.51. The van der Waals surface area contributed by atoms with Gasteiger partial charge in [0.2, 0.25) is 5.91 Å². The van der Waals surface area contributed by atoms with Crippen molar-refractivity contribution in [2.45, 2.75) is 58.1 Å². The highest BCUT2D eigenvalue weighted by atomic mass is 32.2. The second kappa shape index (κ2) is 10.9. The van der Waals surface area contributed by atoms with Gasteiger partial charge in [0.1, 0.15) is 5.69 Å². The van der Waals surface area contributed by atoms with Crippen LogP contribution in [0.5, 0.6) is 0 Å². The predicted molar refractivity (Wildman–Crippen MR) is 130 cm³/mol. The number of thioether (sulfide) groups is 1. The molecule has 1 saturated heterocycles. The first-order chi connectivity index (χ1) is 15.7. The molecule has 2 aromatic rings. The minimum Gasteiger partial charge on any atom is -0.459 e. The summed E-state index contributed by atoms with van der Waals surface area (Å²) in [5.74, 6) is -0.918. The van der Waals surface area contributed by atoms with E-state index >= 15 is 0 Å². The summed E-state index contributed by atoms with van der Waals surface area (Å²) in [5.41, 5.74) is 3.04. The zero-order chi connectivity index (χ0) is 24.1. The van der Waals surface area contributed by atoms with Crippen LogP contribution in [0.1, 0.15) is 64.4 Å². The normalized spacial score (nSPS) is 16.1. The zero-order valence-electron chi connectivity index (χ0n) is 20.0. The number of benzene rings is 1. The molecule has 0 radical (unpaired) electrons. The molecule has 1 atom stereocenters. The third-order valence-corrected chi connectivity index (χ3v) is 6.65. The van der Waals surface area contributed by atoms with E-state index in [0.717, 1.165) is 18.4 Å². The fraction of sp³-hybridized carbons (Fsp3) is 0.480. The number of aromatic amines is 1. The van der Waals surface area contributed by atoms with Crippen molar-refractivity contribution in [1.82, 2.24) is 15.2 Å². The Labute approximate surface area is 199 Å². The van der Waals surface area contributed by atoms with Crippen molar-refractivity contribution >= 4 is 29.5 Å². The quantitative estimate of drug-likeness (QED) is 0.469. The van der Waals surface area contributed by atoms with Crippen LogP contribution in [-0.4, -0.2) is 53.1 Å². The molecule has 0 saturated carbocycles. The van der Waals surface area contributed by atoms with Crippen LogP contribution < -0.4 is 5.32 Å². The summed E-state index contributed by atoms with van der Waals surface area (Å²) in [6.07, 6.45) is 3.29. The molecule has 0 bridgehead atoms. The zero-order valence-corrected chi connectivity index (χ0v) is 20.8. The van der Waals surface area contributed by atoms with Gasteiger partial charge in [-0.05, 0) is 70.1 Å². The van der Waals surface area contributed by atoms with E-state index in [0.29, 0.717) is 42.1 Å². The van der Waals surface area contributed by atoms with Crippen LogP contribution in [0.3, 0.4) is 0 Å². The lowest BCUT2D eigenvalue weighted by atomic mass is 9.96. The Balaban J connectivity index is 1.64. The third kappa shape index (κ3) is 5.99. The van der Waals surface area contributed by atoms with Crippen molar-refractivity contribution in [2.75, 3.05) is 19.3 Å². The van der Waals surface area contributed by atoms with E-state index in [1.807, 2.05) is 30.5 Å². The molecule has 1 aromatic carbocycles. The number of carbonyl (C=O) groups is 3. The SMILES string of the molecule is CSc1ccc(CNC(=O)[C@@H]2CCCN(C(=O)c3[nH]c(C)c(C(=O)OC(C)C)c3C)C2)cc1. The number of rotatable bonds is 7. The minimum atomic E-state index is -0.434. The number of hydrogen-bond acceptors (Lipinski definition) is 5. The average Bonchev–Trinajstić information content (AvgIpc) is 3.10. The first kappa shape index (κ1) is 24.9. The van der Waals surface area contributed by atoms with Gasteiger partial charge in [0.05, 0.1) is 17.6 Å². The molecule has 0 aliphatic carbocycles. The maximum Gasteiger partial charge on any atom is 0.340 e. The van der Waals surface area contributed by atoms with Gasteiger partial charge >= 0.3 is 5.97 Å². The van der Waals surface area contributed by atoms with Gasteiger partial charge in [0.25, 0.3) is 5.91 Å². The molecular weight excluding hydrogens is 438 g/mol. The lowest BCUT2D eigenvalue weighted by Gasteiger charge is -2.32. The Morgan fingerprint density at radius 1 is 1.21 bits per heavy atom. The molecular formula is C25H33N3O4S. The smallest absolute Gasteiger partial charge is 0.340 e. The summed E-state index contributed by atoms with van der Waals surface area (Å²) >= 11 is 1.68. The third-order valence-electron chi connectivity index (χ3n) is 5.90. The monoisotopic (exact) mass is 471 g/mol. The average molecular weight is 472 g/mol. The van der Waals surface area contributed by atoms with E-state index in [1.165, 1.54) is 4.90 Å². The predicted octanol–water partition coefficient (Wildman–Crippen LogP) is 4.09. The van der Waals surface area contributed by atoms with Gasteiger partial charge in [0.15, 0.2) is 0 Å². The van der Waals surface area contributed by atoms with E-state index in [1.54, 1.807) is 44.4 Å². The minimum absolute atomic E-state index is 0.0398. The van der Waals surface area contributed by atoms with Gasteiger partial charge < -0.3 is 19.9 Å². The highest BCUT2D eigenvalue weighted by Crippen LogP contribution is 2.24. The second-order valence-corrected chi connectivity index (χ2v) is 9.61. The highest BCUT2D eigenvalue weighted by Gasteiger charge is 2.32. The summed E-state index contributed by atoms with van der Waals surface area (Å²) in [4.78, 5) is 44.5. The number of piperidine rings is 1. The summed E-state index contributed by atoms with van der Waals surface area (Å²) in [5, 5.41) is 3.01. The van der Waals surface area contributed by atoms with E-state index in [-0.39, 0.29) is 23.8 Å². The number of amides is 2. The van der Waals surface area contributed by atoms with Gasteiger partial charge in [-0.1, -0.05) is 12.1 Å². The molecule has 178 valence electrons. The number of ether oxygens (including phenoxy) is 1. The van der Waals surface area contributed by atoms with Crippen LogP contribution in [0, 0.1) is 19.8 Å². The Kier molecular flexibility index (Phi) is 8.24. The maximum atomic E-state index is 13.2. The maximum absolute atomic E-state index is 13.2. The first-order valence-corrected chi connectivity index (χ1v) is 12.5. The number of nitrogens with zero attached hydrogens (tertiary/aromatic N) is 1. The Morgan fingerprint density at radius 3 is 2.55 bits per heavy atom. The van der Waals surface area contributed by atoms with E-state index in [4.69, 9.17) is 4.74 Å². The van der Waals surface area contributed by atoms with Crippen molar-refractivity contribution in [3.8, 4) is 0 Å². The number of carbonyl (C=O) groups excluding carboxylic acids is 3. The van der Waals surface area contributed by atoms with Crippen LogP contribution in [0.4, 0.5) is 0 Å². The Morgan fingerprint density at radius 2 is 1.91 bits per heavy atom. The fourth-order valence-electron chi connectivity index (χ4n) is 4.15. The van der Waals surface area contributed by atoms with Crippen molar-refractivity contribution in [3.05, 3.63) is 52.3 Å². The largest absolute Gasteiger partial charge is 0.459 e. The lowest BCUT2D eigenvalue weighted by molar-refractivity contribution is -0.126. The van der Waals surface area contributed by atoms with Crippen LogP contribution >= 0.6 is 11.8 Å². The molecule has 3 rings (SSSR count). The number of nitrogens with one attached hydrogen (secondary N) is 2. The number of H-pyrrole nitrogens is 1. The van der Waals surface area contributed by atoms with Crippen molar-refractivity contribution in [3.63, 3.8) is 0 Å². The molecule has 7 nitrogen and oxygen atoms in total. The molecule has 2 N–H and O–H groups in total. The van der Waals surface area contributed by atoms with Crippen LogP contribution in [0.25, 0.3) is 0 Å². The molecule has 33 heavy (non-hydrogen) atoms. The molecule has 0 spiro atoms. The summed E-state index contributed by atoms with van der Waals surface area (Å²) in [6, 6.07) is 8.11. The number of hydrogen-bond donors (Lipinski definition) is 2. The number of aryl methyl sites for hydroxylation is 1. The van der Waals surface area contributed by atoms with E-state index in [2.05, 4.69) is 10.3 Å². The Bertz CT molecular complexity index is 1010. The number of likely N-dealkylation sites (tertiary alicyclic amines) is 1. The standard InChI is InChI=1S/C25H33N3O4S/c1-15(2)32-25(31)21-16(3)22(27-17(21)4)24(30)28-12-6-7-19(14-28)23(29)26-13-18-8-10-20(33-5)11-9-18/h8-11,15,19,27H,6-7,12-14H2,1-5H3,(H,26,29)/t19-/m1/s1. The van der Waals surface area contributed by atoms with Crippen LogP contribution in [0.15, 0.2) is 29.2 Å². The van der Waals surface area contributed by atoms with Crippen molar-refractivity contribution < 1.29 is 19.1 Å². The van der Waals surface area contributed by atoms with Crippen LogP contribution in [-0.2, 0) is 16.1 Å². The first-order valence-electron chi connectivity index (χ1n) is 11.3. The topological polar surface area (TPSA) is 91.5 Å². The van der Waals surface area contributed by atoms with Gasteiger partial charge in [-0.25, -0.2) is 4.79 Å².